The van der Waals surface area contributed by atoms with Crippen LogP contribution in [-0.4, -0.2) is 97.6 Å². The Bertz CT molecular complexity index is 3870. The highest BCUT2D eigenvalue weighted by Crippen LogP contribution is 2.35. The molecule has 77 heavy (non-hydrogen) atoms. The van der Waals surface area contributed by atoms with Crippen LogP contribution in [-0.2, 0) is 11.3 Å². The molecule has 1 aliphatic heterocycles. The van der Waals surface area contributed by atoms with E-state index in [-0.39, 0.29) is 23.3 Å². The first-order valence-electron chi connectivity index (χ1n) is 24.1. The normalized spacial score (nSPS) is 12.6. The van der Waals surface area contributed by atoms with Crippen molar-refractivity contribution >= 4 is 50.0 Å². The second-order valence-corrected chi connectivity index (χ2v) is 17.7. The molecule has 0 unspecified atom stereocenters. The minimum Gasteiger partial charge on any atom is -0.423 e. The molecule has 21 heteroatoms. The maximum Gasteiger partial charge on any atom is 0.249 e. The Hall–Kier alpha value is -9.99. The maximum absolute atomic E-state index is 13.7. The minimum atomic E-state index is -0.324. The molecule has 1 saturated heterocycles. The molecule has 7 N–H and O–H groups in total. The number of anilines is 3. The fourth-order valence-corrected chi connectivity index (χ4v) is 8.89. The van der Waals surface area contributed by atoms with Gasteiger partial charge in [0, 0.05) is 89.4 Å². The molecule has 9 heterocycles. The third-order valence-corrected chi connectivity index (χ3v) is 12.8. The second-order valence-electron chi connectivity index (χ2n) is 17.7. The van der Waals surface area contributed by atoms with Crippen LogP contribution in [0.2, 0.25) is 0 Å². The predicted molar refractivity (Wildman–Crippen MR) is 287 cm³/mol. The standard InChI is InChI=1S/C24H24FN5O.C16H11FN6.C16H10FN5O/c25-19-3-1-2-17(12-19)18-4-5-20-21(13-18)24(26)27-14-22(20)23-15-30(16-28-23)7-6-29-8-10-31-11-9-29;17-10-3-1-2-9(6-10)13-5-4-11-12(16-20-8-21-23-16)7-19-15(18)14(11)22-13;17-10-3-1-2-9(6-10)13-5-4-11-12(16-22-20-8-23-16)7-19-15(18)14(11)21-13/h1-5,12-16H,6-11H2,(H2,26,27);1-8H,(H2,18,19)(H,20,21,23);1-8H,(H2,18,19). The van der Waals surface area contributed by atoms with Crippen LogP contribution >= 0.6 is 0 Å². The van der Waals surface area contributed by atoms with E-state index >= 15 is 0 Å². The van der Waals surface area contributed by atoms with Gasteiger partial charge in [0.1, 0.15) is 52.3 Å². The van der Waals surface area contributed by atoms with Crippen molar-refractivity contribution < 1.29 is 22.3 Å². The minimum absolute atomic E-state index is 0.264. The van der Waals surface area contributed by atoms with Gasteiger partial charge in [-0.1, -0.05) is 48.5 Å². The lowest BCUT2D eigenvalue weighted by Crippen LogP contribution is -2.38. The monoisotopic (exact) mass is 1030 g/mol. The Labute approximate surface area is 436 Å². The number of hydrogen-bond acceptors (Lipinski definition) is 16. The smallest absolute Gasteiger partial charge is 0.249 e. The van der Waals surface area contributed by atoms with Gasteiger partial charge in [-0.15, -0.1) is 10.2 Å². The molecule has 13 rings (SSSR count). The molecule has 1 fully saturated rings. The summed E-state index contributed by atoms with van der Waals surface area (Å²) in [5.74, 6) is 1.05. The van der Waals surface area contributed by atoms with E-state index in [0.29, 0.717) is 62.5 Å². The topological polar surface area (TPSA) is 253 Å². The Kier molecular flexibility index (Phi) is 14.0. The van der Waals surface area contributed by atoms with Crippen molar-refractivity contribution in [2.24, 2.45) is 0 Å². The van der Waals surface area contributed by atoms with E-state index in [4.69, 9.17) is 26.4 Å². The van der Waals surface area contributed by atoms with Gasteiger partial charge in [0.25, 0.3) is 0 Å². The quantitative estimate of drug-likeness (QED) is 0.105. The number of rotatable bonds is 9. The number of morpholine rings is 1. The number of nitrogen functional groups attached to an aromatic ring is 3. The Morgan fingerprint density at radius 3 is 1.75 bits per heavy atom. The number of H-pyrrole nitrogens is 1. The van der Waals surface area contributed by atoms with Gasteiger partial charge < -0.3 is 30.9 Å². The molecule has 4 aromatic carbocycles. The number of pyridine rings is 5. The lowest BCUT2D eigenvalue weighted by Gasteiger charge is -2.26. The summed E-state index contributed by atoms with van der Waals surface area (Å²) in [6.45, 7) is 5.39. The fourth-order valence-electron chi connectivity index (χ4n) is 8.89. The first-order valence-corrected chi connectivity index (χ1v) is 24.1. The molecule has 0 radical (unpaired) electrons. The van der Waals surface area contributed by atoms with E-state index in [1.807, 2.05) is 55.0 Å². The van der Waals surface area contributed by atoms with Gasteiger partial charge in [0.2, 0.25) is 12.3 Å². The first kappa shape index (κ1) is 49.2. The highest BCUT2D eigenvalue weighted by molar-refractivity contribution is 6.03. The number of benzene rings is 4. The van der Waals surface area contributed by atoms with Crippen LogP contribution in [0.1, 0.15) is 0 Å². The number of imidazole rings is 1. The molecular weight excluding hydrogens is 986 g/mol. The second kappa shape index (κ2) is 21.8. The summed E-state index contributed by atoms with van der Waals surface area (Å²) in [4.78, 5) is 32.9. The lowest BCUT2D eigenvalue weighted by molar-refractivity contribution is 0.0364. The number of nitrogens with two attached hydrogens (primary N) is 3. The summed E-state index contributed by atoms with van der Waals surface area (Å²) in [5, 5.41) is 17.5. The maximum atomic E-state index is 13.7. The van der Waals surface area contributed by atoms with Crippen molar-refractivity contribution in [3.8, 4) is 67.7 Å². The third-order valence-electron chi connectivity index (χ3n) is 12.8. The SMILES string of the molecule is Nc1ncc(-c2cn(CCN3CCOCC3)cn2)c2ccc(-c3cccc(F)c3)cc12.Nc1ncc(-c2ncn[nH]2)c2ccc(-c3cccc(F)c3)nc12.Nc1ncc(-c2nnco2)c2ccc(-c3cccc(F)c3)nc12. The molecule has 12 aromatic rings. The molecule has 18 nitrogen and oxygen atoms in total. The molecule has 0 amide bonds. The lowest BCUT2D eigenvalue weighted by atomic mass is 9.99. The van der Waals surface area contributed by atoms with E-state index in [0.717, 1.165) is 88.9 Å². The zero-order valence-corrected chi connectivity index (χ0v) is 40.8. The number of hydrogen-bond donors (Lipinski definition) is 4. The van der Waals surface area contributed by atoms with E-state index in [1.54, 1.807) is 55.0 Å². The van der Waals surface area contributed by atoms with Crippen molar-refractivity contribution in [2.75, 3.05) is 50.0 Å². The summed E-state index contributed by atoms with van der Waals surface area (Å²) in [6.07, 6.45) is 11.5. The van der Waals surface area contributed by atoms with Crippen LogP contribution in [0.5, 0.6) is 0 Å². The van der Waals surface area contributed by atoms with Crippen LogP contribution in [0.15, 0.2) is 164 Å². The van der Waals surface area contributed by atoms with Crippen molar-refractivity contribution in [2.45, 2.75) is 6.54 Å². The average Bonchev–Trinajstić information content (AvgIpc) is 4.32. The van der Waals surface area contributed by atoms with Crippen molar-refractivity contribution in [1.29, 1.82) is 0 Å². The highest BCUT2D eigenvalue weighted by Gasteiger charge is 2.17. The highest BCUT2D eigenvalue weighted by atomic mass is 19.1. The van der Waals surface area contributed by atoms with Gasteiger partial charge in [0.15, 0.2) is 5.82 Å². The largest absolute Gasteiger partial charge is 0.423 e. The Morgan fingerprint density at radius 2 is 1.13 bits per heavy atom. The summed E-state index contributed by atoms with van der Waals surface area (Å²) < 4.78 is 53.2. The number of aromatic amines is 1. The van der Waals surface area contributed by atoms with Crippen molar-refractivity contribution in [3.05, 3.63) is 177 Å². The molecule has 1 aliphatic rings. The summed E-state index contributed by atoms with van der Waals surface area (Å²) in [5.41, 5.74) is 26.6. The van der Waals surface area contributed by atoms with Crippen LogP contribution in [0.3, 0.4) is 0 Å². The number of ether oxygens (including phenoxy) is 1. The van der Waals surface area contributed by atoms with Gasteiger partial charge in [-0.2, -0.15) is 5.10 Å². The number of aromatic nitrogens is 12. The van der Waals surface area contributed by atoms with Gasteiger partial charge in [-0.25, -0.2) is 48.1 Å². The molecular formula is C56H45F3N16O2. The summed E-state index contributed by atoms with van der Waals surface area (Å²) in [7, 11) is 0. The number of nitrogens with zero attached hydrogens (tertiary/aromatic N) is 12. The molecule has 8 aromatic heterocycles. The van der Waals surface area contributed by atoms with Crippen LogP contribution in [0.4, 0.5) is 30.6 Å². The molecule has 0 spiro atoms. The van der Waals surface area contributed by atoms with Crippen molar-refractivity contribution in [3.63, 3.8) is 0 Å². The number of halogens is 3. The predicted octanol–water partition coefficient (Wildman–Crippen LogP) is 9.69. The molecule has 0 aliphatic carbocycles. The first-order chi connectivity index (χ1) is 37.6. The summed E-state index contributed by atoms with van der Waals surface area (Å²) >= 11 is 0. The molecule has 0 atom stereocenters. The van der Waals surface area contributed by atoms with Gasteiger partial charge in [0.05, 0.1) is 42.2 Å². The van der Waals surface area contributed by atoms with Gasteiger partial charge in [-0.3, -0.25) is 10.00 Å². The van der Waals surface area contributed by atoms with Gasteiger partial charge in [-0.05, 0) is 83.2 Å². The Balaban J connectivity index is 0.000000125. The van der Waals surface area contributed by atoms with Crippen LogP contribution < -0.4 is 17.2 Å². The van der Waals surface area contributed by atoms with Crippen LogP contribution in [0.25, 0.3) is 100 Å². The Morgan fingerprint density at radius 1 is 0.545 bits per heavy atom. The zero-order chi connectivity index (χ0) is 52.8. The average molecular weight is 1030 g/mol. The molecule has 382 valence electrons. The fraction of sp³-hybridized carbons (Fsp3) is 0.107. The van der Waals surface area contributed by atoms with E-state index in [9.17, 15) is 13.2 Å². The number of nitrogens with one attached hydrogen (secondary N) is 1. The number of fused-ring (bicyclic) bond motifs is 3. The van der Waals surface area contributed by atoms with E-state index in [2.05, 4.69) is 64.7 Å². The molecule has 0 saturated carbocycles. The third kappa shape index (κ3) is 10.8. The zero-order valence-electron chi connectivity index (χ0n) is 40.8. The van der Waals surface area contributed by atoms with E-state index < -0.39 is 0 Å². The van der Waals surface area contributed by atoms with E-state index in [1.165, 1.54) is 49.1 Å². The van der Waals surface area contributed by atoms with Crippen LogP contribution in [0, 0.1) is 17.5 Å². The van der Waals surface area contributed by atoms with Gasteiger partial charge >= 0.3 is 0 Å². The molecule has 0 bridgehead atoms. The summed E-state index contributed by atoms with van der Waals surface area (Å²) in [6, 6.07) is 32.3. The van der Waals surface area contributed by atoms with Crippen molar-refractivity contribution in [1.82, 2.24) is 64.7 Å².